The van der Waals surface area contributed by atoms with Crippen molar-refractivity contribution in [3.05, 3.63) is 46.2 Å². The number of carbonyl (C=O) groups is 1. The lowest BCUT2D eigenvalue weighted by Gasteiger charge is -2.15. The molecule has 2 aromatic rings. The molecule has 1 aromatic carbocycles. The quantitative estimate of drug-likeness (QED) is 0.766. The lowest BCUT2D eigenvalue weighted by atomic mass is 10.1. The Balaban J connectivity index is 2.37. The monoisotopic (exact) mass is 404 g/mol. The van der Waals surface area contributed by atoms with Crippen molar-refractivity contribution in [1.29, 1.82) is 0 Å². The summed E-state index contributed by atoms with van der Waals surface area (Å²) in [5.41, 5.74) is -0.533. The molecule has 1 amide bonds. The first-order valence-corrected chi connectivity index (χ1v) is 8.06. The summed E-state index contributed by atoms with van der Waals surface area (Å²) < 4.78 is 46.4. The first-order valence-electron chi connectivity index (χ1n) is 7.27. The number of ether oxygens (including phenoxy) is 1. The lowest BCUT2D eigenvalue weighted by Crippen LogP contribution is -2.17. The lowest BCUT2D eigenvalue weighted by molar-refractivity contribution is -0.137. The zero-order chi connectivity index (χ0) is 17.9. The SMILES string of the molecule is CCOc1ccc(C(F)(F)F)cc1NC(=O)c1cc(Br)cn1CC. The van der Waals surface area contributed by atoms with Crippen LogP contribution < -0.4 is 10.1 Å². The van der Waals surface area contributed by atoms with Gasteiger partial charge in [-0.25, -0.2) is 0 Å². The summed E-state index contributed by atoms with van der Waals surface area (Å²) in [6.07, 6.45) is -2.78. The molecule has 0 saturated carbocycles. The molecular formula is C16H16BrF3N2O2. The van der Waals surface area contributed by atoms with Crippen molar-refractivity contribution < 1.29 is 22.7 Å². The molecule has 4 nitrogen and oxygen atoms in total. The standard InChI is InChI=1S/C16H16BrF3N2O2/c1-3-22-9-11(17)8-13(22)15(23)21-12-7-10(16(18,19)20)5-6-14(12)24-4-2/h5-9H,3-4H2,1-2H3,(H,21,23). The number of anilines is 1. The fraction of sp³-hybridized carbons (Fsp3) is 0.312. The number of hydrogen-bond donors (Lipinski definition) is 1. The molecule has 0 bridgehead atoms. The van der Waals surface area contributed by atoms with Crippen LogP contribution in [0.25, 0.3) is 0 Å². The first kappa shape index (κ1) is 18.4. The smallest absolute Gasteiger partial charge is 0.416 e. The Morgan fingerprint density at radius 1 is 1.29 bits per heavy atom. The van der Waals surface area contributed by atoms with Gasteiger partial charge in [0.15, 0.2) is 0 Å². The summed E-state index contributed by atoms with van der Waals surface area (Å²) >= 11 is 3.28. The molecule has 0 unspecified atom stereocenters. The van der Waals surface area contributed by atoms with Gasteiger partial charge >= 0.3 is 6.18 Å². The van der Waals surface area contributed by atoms with E-state index in [-0.39, 0.29) is 18.0 Å². The number of carbonyl (C=O) groups excluding carboxylic acids is 1. The van der Waals surface area contributed by atoms with Gasteiger partial charge in [-0.1, -0.05) is 0 Å². The van der Waals surface area contributed by atoms with Crippen molar-refractivity contribution >= 4 is 27.5 Å². The summed E-state index contributed by atoms with van der Waals surface area (Å²) in [5, 5.41) is 2.51. The van der Waals surface area contributed by atoms with Gasteiger partial charge in [0.25, 0.3) is 5.91 Å². The zero-order valence-corrected chi connectivity index (χ0v) is 14.7. The number of amides is 1. The van der Waals surface area contributed by atoms with Gasteiger partial charge in [0.05, 0.1) is 17.9 Å². The van der Waals surface area contributed by atoms with Crippen LogP contribution in [0.1, 0.15) is 29.9 Å². The van der Waals surface area contributed by atoms with Gasteiger partial charge in [-0.15, -0.1) is 0 Å². The maximum Gasteiger partial charge on any atom is 0.416 e. The van der Waals surface area contributed by atoms with Crippen molar-refractivity contribution in [2.75, 3.05) is 11.9 Å². The second-order valence-corrected chi connectivity index (χ2v) is 5.84. The van der Waals surface area contributed by atoms with E-state index >= 15 is 0 Å². The van der Waals surface area contributed by atoms with E-state index in [0.29, 0.717) is 16.7 Å². The van der Waals surface area contributed by atoms with Crippen LogP contribution in [-0.2, 0) is 12.7 Å². The predicted molar refractivity (Wildman–Crippen MR) is 88.4 cm³/mol. The van der Waals surface area contributed by atoms with E-state index in [1.165, 1.54) is 6.07 Å². The van der Waals surface area contributed by atoms with Crippen LogP contribution in [0.15, 0.2) is 34.9 Å². The van der Waals surface area contributed by atoms with E-state index < -0.39 is 17.6 Å². The highest BCUT2D eigenvalue weighted by Gasteiger charge is 2.31. The first-order chi connectivity index (χ1) is 11.3. The summed E-state index contributed by atoms with van der Waals surface area (Å²) in [7, 11) is 0. The molecule has 0 spiro atoms. The van der Waals surface area contributed by atoms with Crippen LogP contribution in [0.5, 0.6) is 5.75 Å². The number of benzene rings is 1. The van der Waals surface area contributed by atoms with Crippen molar-refractivity contribution in [1.82, 2.24) is 4.57 Å². The Bertz CT molecular complexity index is 741. The van der Waals surface area contributed by atoms with Gasteiger partial charge in [-0.05, 0) is 54.0 Å². The van der Waals surface area contributed by atoms with E-state index in [1.807, 2.05) is 6.92 Å². The van der Waals surface area contributed by atoms with Gasteiger partial charge in [-0.2, -0.15) is 13.2 Å². The minimum Gasteiger partial charge on any atom is -0.492 e. The molecule has 0 saturated heterocycles. The molecule has 8 heteroatoms. The summed E-state index contributed by atoms with van der Waals surface area (Å²) in [5.74, 6) is -0.324. The fourth-order valence-corrected chi connectivity index (χ4v) is 2.66. The van der Waals surface area contributed by atoms with Crippen molar-refractivity contribution in [2.45, 2.75) is 26.6 Å². The van der Waals surface area contributed by atoms with Crippen molar-refractivity contribution in [3.8, 4) is 5.75 Å². The number of aryl methyl sites for hydroxylation is 1. The molecule has 130 valence electrons. The predicted octanol–water partition coefficient (Wildman–Crippen LogP) is 4.94. The molecule has 0 aliphatic heterocycles. The number of halogens is 4. The van der Waals surface area contributed by atoms with E-state index in [2.05, 4.69) is 21.2 Å². The average molecular weight is 405 g/mol. The van der Waals surface area contributed by atoms with Crippen molar-refractivity contribution in [3.63, 3.8) is 0 Å². The highest BCUT2D eigenvalue weighted by molar-refractivity contribution is 9.10. The molecule has 24 heavy (non-hydrogen) atoms. The maximum absolute atomic E-state index is 12.9. The number of alkyl halides is 3. The Morgan fingerprint density at radius 3 is 2.58 bits per heavy atom. The number of nitrogens with zero attached hydrogens (tertiary/aromatic N) is 1. The fourth-order valence-electron chi connectivity index (χ4n) is 2.20. The minimum atomic E-state index is -4.50. The number of nitrogens with one attached hydrogen (secondary N) is 1. The Hall–Kier alpha value is -1.96. The normalized spacial score (nSPS) is 11.4. The van der Waals surface area contributed by atoms with Crippen molar-refractivity contribution in [2.24, 2.45) is 0 Å². The average Bonchev–Trinajstić information content (AvgIpc) is 2.89. The molecule has 0 atom stereocenters. The summed E-state index contributed by atoms with van der Waals surface area (Å²) in [6, 6.07) is 4.60. The Kier molecular flexibility index (Phi) is 5.58. The Labute approximate surface area is 145 Å². The largest absolute Gasteiger partial charge is 0.492 e. The van der Waals surface area contributed by atoms with Gasteiger partial charge < -0.3 is 14.6 Å². The van der Waals surface area contributed by atoms with E-state index in [1.54, 1.807) is 23.8 Å². The van der Waals surface area contributed by atoms with Gasteiger partial charge in [0.2, 0.25) is 0 Å². The Morgan fingerprint density at radius 2 is 2.00 bits per heavy atom. The molecule has 1 heterocycles. The van der Waals surface area contributed by atoms with Gasteiger partial charge in [0, 0.05) is 17.2 Å². The third-order valence-corrected chi connectivity index (χ3v) is 3.73. The third-order valence-electron chi connectivity index (χ3n) is 3.29. The molecule has 0 aliphatic carbocycles. The van der Waals surface area contributed by atoms with E-state index in [9.17, 15) is 18.0 Å². The van der Waals surface area contributed by atoms with E-state index in [0.717, 1.165) is 12.1 Å². The second-order valence-electron chi connectivity index (χ2n) is 4.93. The highest BCUT2D eigenvalue weighted by Crippen LogP contribution is 2.35. The van der Waals surface area contributed by atoms with E-state index in [4.69, 9.17) is 4.74 Å². The molecule has 1 N–H and O–H groups in total. The third kappa shape index (κ3) is 4.11. The van der Waals surface area contributed by atoms with Crippen LogP contribution >= 0.6 is 15.9 Å². The molecule has 0 fully saturated rings. The van der Waals surface area contributed by atoms with Crippen LogP contribution in [0.4, 0.5) is 18.9 Å². The number of aromatic nitrogens is 1. The van der Waals surface area contributed by atoms with Crippen LogP contribution in [-0.4, -0.2) is 17.1 Å². The second kappa shape index (κ2) is 7.29. The molecular weight excluding hydrogens is 389 g/mol. The molecule has 0 radical (unpaired) electrons. The number of hydrogen-bond acceptors (Lipinski definition) is 2. The molecule has 1 aromatic heterocycles. The minimum absolute atomic E-state index is 0.0170. The van der Waals surface area contributed by atoms with Crippen LogP contribution in [0.2, 0.25) is 0 Å². The van der Waals surface area contributed by atoms with Gasteiger partial charge in [-0.3, -0.25) is 4.79 Å². The van der Waals surface area contributed by atoms with Crippen LogP contribution in [0.3, 0.4) is 0 Å². The number of rotatable bonds is 5. The summed E-state index contributed by atoms with van der Waals surface area (Å²) in [4.78, 5) is 12.4. The summed E-state index contributed by atoms with van der Waals surface area (Å²) in [6.45, 7) is 4.39. The van der Waals surface area contributed by atoms with Crippen LogP contribution in [0, 0.1) is 0 Å². The zero-order valence-electron chi connectivity index (χ0n) is 13.1. The topological polar surface area (TPSA) is 43.3 Å². The maximum atomic E-state index is 12.9. The highest BCUT2D eigenvalue weighted by atomic mass is 79.9. The molecule has 0 aliphatic rings. The molecule has 2 rings (SSSR count). The van der Waals surface area contributed by atoms with Gasteiger partial charge in [0.1, 0.15) is 11.4 Å².